The van der Waals surface area contributed by atoms with Gasteiger partial charge in [-0.25, -0.2) is 0 Å². The van der Waals surface area contributed by atoms with Gasteiger partial charge in [-0.15, -0.1) is 0 Å². The van der Waals surface area contributed by atoms with Crippen LogP contribution in [0.4, 0.5) is 5.69 Å². The zero-order chi connectivity index (χ0) is 16.1. The Kier molecular flexibility index (Phi) is 6.01. The Morgan fingerprint density at radius 1 is 1.23 bits per heavy atom. The van der Waals surface area contributed by atoms with E-state index >= 15 is 0 Å². The quantitative estimate of drug-likeness (QED) is 0.801. The molecule has 3 nitrogen and oxygen atoms in total. The largest absolute Gasteiger partial charge is 0.315 e. The molecule has 1 amide bonds. The van der Waals surface area contributed by atoms with E-state index in [1.165, 1.54) is 43.5 Å². The molecule has 0 fully saturated rings. The number of amides is 1. The summed E-state index contributed by atoms with van der Waals surface area (Å²) >= 11 is 0. The number of carbonyl (C=O) groups excluding carboxylic acids is 1. The second kappa shape index (κ2) is 7.77. The van der Waals surface area contributed by atoms with Crippen molar-refractivity contribution in [1.29, 1.82) is 0 Å². The average molecular weight is 302 g/mol. The van der Waals surface area contributed by atoms with Crippen molar-refractivity contribution in [2.45, 2.75) is 58.9 Å². The topological polar surface area (TPSA) is 23.6 Å². The second-order valence-corrected chi connectivity index (χ2v) is 6.43. The molecule has 0 N–H and O–H groups in total. The van der Waals surface area contributed by atoms with Crippen LogP contribution in [0.15, 0.2) is 18.2 Å². The minimum absolute atomic E-state index is 0.106. The van der Waals surface area contributed by atoms with Gasteiger partial charge in [0.25, 0.3) is 0 Å². The molecule has 0 radical (unpaired) electrons. The normalized spacial score (nSPS) is 17.4. The Hall–Kier alpha value is -1.35. The molecule has 1 unspecified atom stereocenters. The molecule has 0 spiro atoms. The minimum atomic E-state index is 0.106. The first-order valence-corrected chi connectivity index (χ1v) is 8.67. The summed E-state index contributed by atoms with van der Waals surface area (Å²) in [6.45, 7) is 8.55. The highest BCUT2D eigenvalue weighted by Crippen LogP contribution is 2.32. The minimum Gasteiger partial charge on any atom is -0.315 e. The predicted molar refractivity (Wildman–Crippen MR) is 93.5 cm³/mol. The number of fused-ring (bicyclic) bond motifs is 1. The molecule has 1 aromatic carbocycles. The smallest absolute Gasteiger partial charge is 0.223 e. The van der Waals surface area contributed by atoms with Crippen molar-refractivity contribution >= 4 is 11.6 Å². The number of hydrogen-bond acceptors (Lipinski definition) is 2. The second-order valence-electron chi connectivity index (χ2n) is 6.43. The van der Waals surface area contributed by atoms with Crippen LogP contribution in [0.5, 0.6) is 0 Å². The zero-order valence-corrected chi connectivity index (χ0v) is 14.6. The van der Waals surface area contributed by atoms with Crippen LogP contribution in [0.2, 0.25) is 0 Å². The number of hydrogen-bond donors (Lipinski definition) is 0. The highest BCUT2D eigenvalue weighted by atomic mass is 16.2. The molecule has 1 aliphatic carbocycles. The first-order valence-electron chi connectivity index (χ1n) is 8.67. The standard InChI is InChI=1S/C19H30N2O/c1-5-12-21(13-6-2)17-10-11-18-16(14-17)8-7-9-19(18)20(4)15(3)22/h7-9,17H,5-6,10-14H2,1-4H3. The van der Waals surface area contributed by atoms with Crippen LogP contribution < -0.4 is 4.90 Å². The molecular formula is C19H30N2O. The molecule has 1 aliphatic rings. The lowest BCUT2D eigenvalue weighted by Crippen LogP contribution is -2.40. The first-order chi connectivity index (χ1) is 10.6. The molecule has 0 bridgehead atoms. The van der Waals surface area contributed by atoms with E-state index in [1.807, 2.05) is 7.05 Å². The lowest BCUT2D eigenvalue weighted by molar-refractivity contribution is -0.116. The Morgan fingerprint density at radius 2 is 1.91 bits per heavy atom. The van der Waals surface area contributed by atoms with Gasteiger partial charge < -0.3 is 9.80 Å². The summed E-state index contributed by atoms with van der Waals surface area (Å²) in [5.74, 6) is 0.106. The van der Waals surface area contributed by atoms with Crippen molar-refractivity contribution in [3.8, 4) is 0 Å². The molecular weight excluding hydrogens is 272 g/mol. The molecule has 22 heavy (non-hydrogen) atoms. The maximum Gasteiger partial charge on any atom is 0.223 e. The van der Waals surface area contributed by atoms with E-state index in [-0.39, 0.29) is 5.91 Å². The third kappa shape index (κ3) is 3.70. The molecule has 0 aliphatic heterocycles. The van der Waals surface area contributed by atoms with E-state index < -0.39 is 0 Å². The summed E-state index contributed by atoms with van der Waals surface area (Å²) in [6.07, 6.45) is 5.84. The van der Waals surface area contributed by atoms with Crippen LogP contribution in [0.3, 0.4) is 0 Å². The predicted octanol–water partition coefficient (Wildman–Crippen LogP) is 3.65. The third-order valence-corrected chi connectivity index (χ3v) is 4.80. The van der Waals surface area contributed by atoms with E-state index in [0.717, 1.165) is 18.5 Å². The van der Waals surface area contributed by atoms with Crippen molar-refractivity contribution in [3.05, 3.63) is 29.3 Å². The maximum atomic E-state index is 11.7. The Bertz CT molecular complexity index is 506. The highest BCUT2D eigenvalue weighted by Gasteiger charge is 2.26. The monoisotopic (exact) mass is 302 g/mol. The summed E-state index contributed by atoms with van der Waals surface area (Å²) in [4.78, 5) is 16.1. The fourth-order valence-corrected chi connectivity index (χ4v) is 3.61. The van der Waals surface area contributed by atoms with Gasteiger partial charge in [0, 0.05) is 25.7 Å². The van der Waals surface area contributed by atoms with Crippen molar-refractivity contribution in [2.75, 3.05) is 25.0 Å². The zero-order valence-electron chi connectivity index (χ0n) is 14.6. The molecule has 1 atom stereocenters. The van der Waals surface area contributed by atoms with Gasteiger partial charge in [-0.2, -0.15) is 0 Å². The average Bonchev–Trinajstić information content (AvgIpc) is 2.52. The maximum absolute atomic E-state index is 11.7. The SMILES string of the molecule is CCCN(CCC)C1CCc2c(cccc2N(C)C(C)=O)C1. The fourth-order valence-electron chi connectivity index (χ4n) is 3.61. The molecule has 1 aromatic rings. The molecule has 0 heterocycles. The molecule has 2 rings (SSSR count). The molecule has 3 heteroatoms. The number of rotatable bonds is 6. The van der Waals surface area contributed by atoms with Gasteiger partial charge in [0.05, 0.1) is 0 Å². The number of anilines is 1. The first kappa shape index (κ1) is 17.0. The van der Waals surface area contributed by atoms with Crippen LogP contribution >= 0.6 is 0 Å². The summed E-state index contributed by atoms with van der Waals surface area (Å²) in [5.41, 5.74) is 3.91. The summed E-state index contributed by atoms with van der Waals surface area (Å²) in [6, 6.07) is 7.08. The molecule has 0 aromatic heterocycles. The number of carbonyl (C=O) groups is 1. The Balaban J connectivity index is 2.20. The number of benzene rings is 1. The summed E-state index contributed by atoms with van der Waals surface area (Å²) < 4.78 is 0. The lowest BCUT2D eigenvalue weighted by atomic mass is 9.86. The van der Waals surface area contributed by atoms with Crippen LogP contribution in [0, 0.1) is 0 Å². The van der Waals surface area contributed by atoms with Crippen molar-refractivity contribution in [1.82, 2.24) is 4.90 Å². The highest BCUT2D eigenvalue weighted by molar-refractivity contribution is 5.92. The van der Waals surface area contributed by atoms with Gasteiger partial charge in [-0.3, -0.25) is 4.79 Å². The van der Waals surface area contributed by atoms with Gasteiger partial charge >= 0.3 is 0 Å². The van der Waals surface area contributed by atoms with E-state index in [2.05, 4.69) is 36.9 Å². The van der Waals surface area contributed by atoms with Crippen molar-refractivity contribution in [2.24, 2.45) is 0 Å². The van der Waals surface area contributed by atoms with Gasteiger partial charge in [0.2, 0.25) is 5.91 Å². The molecule has 122 valence electrons. The van der Waals surface area contributed by atoms with Crippen molar-refractivity contribution in [3.63, 3.8) is 0 Å². The van der Waals surface area contributed by atoms with Crippen LogP contribution in [-0.2, 0) is 17.6 Å². The molecule has 0 saturated carbocycles. The van der Waals surface area contributed by atoms with E-state index in [1.54, 1.807) is 11.8 Å². The van der Waals surface area contributed by atoms with Gasteiger partial charge in [0.1, 0.15) is 0 Å². The van der Waals surface area contributed by atoms with Gasteiger partial charge in [0.15, 0.2) is 0 Å². The fraction of sp³-hybridized carbons (Fsp3) is 0.632. The number of nitrogens with zero attached hydrogens (tertiary/aromatic N) is 2. The Morgan fingerprint density at radius 3 is 2.50 bits per heavy atom. The Labute approximate surface area is 135 Å². The summed E-state index contributed by atoms with van der Waals surface area (Å²) in [5, 5.41) is 0. The third-order valence-electron chi connectivity index (χ3n) is 4.80. The molecule has 0 saturated heterocycles. The van der Waals surface area contributed by atoms with Crippen LogP contribution in [0.1, 0.15) is 51.2 Å². The van der Waals surface area contributed by atoms with E-state index in [9.17, 15) is 4.79 Å². The summed E-state index contributed by atoms with van der Waals surface area (Å²) in [7, 11) is 1.88. The van der Waals surface area contributed by atoms with Gasteiger partial charge in [-0.1, -0.05) is 26.0 Å². The van der Waals surface area contributed by atoms with Gasteiger partial charge in [-0.05, 0) is 62.4 Å². The van der Waals surface area contributed by atoms with Crippen LogP contribution in [-0.4, -0.2) is 37.0 Å². The van der Waals surface area contributed by atoms with E-state index in [0.29, 0.717) is 6.04 Å². The lowest BCUT2D eigenvalue weighted by Gasteiger charge is -2.36. The van der Waals surface area contributed by atoms with E-state index in [4.69, 9.17) is 0 Å². The van der Waals surface area contributed by atoms with Crippen LogP contribution in [0.25, 0.3) is 0 Å². The van der Waals surface area contributed by atoms with Crippen molar-refractivity contribution < 1.29 is 4.79 Å².